The number of hydrogen-bond acceptors (Lipinski definition) is 2. The van der Waals surface area contributed by atoms with E-state index >= 15 is 0 Å². The van der Waals surface area contributed by atoms with Gasteiger partial charge < -0.3 is 0 Å². The van der Waals surface area contributed by atoms with Crippen molar-refractivity contribution in [2.45, 2.75) is 64.2 Å². The second-order valence-corrected chi connectivity index (χ2v) is 4.45. The lowest BCUT2D eigenvalue weighted by molar-refractivity contribution is -0.120. The Labute approximate surface area is 96.1 Å². The molecule has 15 heavy (non-hydrogen) atoms. The molecule has 2 heteroatoms. The van der Waals surface area contributed by atoms with Gasteiger partial charge >= 0.3 is 0 Å². The highest BCUT2D eigenvalue weighted by molar-refractivity contribution is 5.84. The van der Waals surface area contributed by atoms with Crippen molar-refractivity contribution in [3.63, 3.8) is 0 Å². The van der Waals surface area contributed by atoms with Gasteiger partial charge in [0.25, 0.3) is 0 Å². The number of hydrogen-bond donors (Lipinski definition) is 0. The minimum atomic E-state index is 0. The molecular formula is C13H27NO. The molecule has 0 aromatic rings. The van der Waals surface area contributed by atoms with Gasteiger partial charge in [-0.1, -0.05) is 12.8 Å². The van der Waals surface area contributed by atoms with Gasteiger partial charge in [0.1, 0.15) is 5.78 Å². The lowest BCUT2D eigenvalue weighted by Gasteiger charge is -2.10. The first-order valence-electron chi connectivity index (χ1n) is 6.29. The predicted molar refractivity (Wildman–Crippen MR) is 68.8 cm³/mol. The SMILES string of the molecule is CN=C1CCCCC1.O=C1CCCCC1.[HH].[HH]. The number of carbonyl (C=O) groups excluding carboxylic acids is 1. The summed E-state index contributed by atoms with van der Waals surface area (Å²) < 4.78 is 0. The van der Waals surface area contributed by atoms with E-state index in [9.17, 15) is 4.79 Å². The Kier molecular flexibility index (Phi) is 6.29. The first kappa shape index (κ1) is 12.4. The van der Waals surface area contributed by atoms with Crippen LogP contribution in [0, 0.1) is 0 Å². The Morgan fingerprint density at radius 1 is 0.867 bits per heavy atom. The molecule has 0 radical (unpaired) electrons. The smallest absolute Gasteiger partial charge is 0.132 e. The van der Waals surface area contributed by atoms with Gasteiger partial charge in [0.15, 0.2) is 0 Å². The second-order valence-electron chi connectivity index (χ2n) is 4.45. The van der Waals surface area contributed by atoms with E-state index in [4.69, 9.17) is 0 Å². The summed E-state index contributed by atoms with van der Waals surface area (Å²) in [6.07, 6.45) is 11.9. The molecule has 0 unspecified atom stereocenters. The molecule has 0 bridgehead atoms. The highest BCUT2D eigenvalue weighted by Gasteiger charge is 2.06. The Morgan fingerprint density at radius 3 is 1.60 bits per heavy atom. The summed E-state index contributed by atoms with van der Waals surface area (Å²) in [6.45, 7) is 0. The fraction of sp³-hybridized carbons (Fsp3) is 0.846. The van der Waals surface area contributed by atoms with E-state index in [1.165, 1.54) is 44.2 Å². The maximum atomic E-state index is 10.5. The molecule has 0 aromatic heterocycles. The van der Waals surface area contributed by atoms with Crippen LogP contribution in [-0.4, -0.2) is 18.5 Å². The topological polar surface area (TPSA) is 29.4 Å². The number of nitrogens with zero attached hydrogens (tertiary/aromatic N) is 1. The first-order valence-corrected chi connectivity index (χ1v) is 6.29. The molecule has 2 aliphatic carbocycles. The van der Waals surface area contributed by atoms with Crippen molar-refractivity contribution in [3.05, 3.63) is 0 Å². The average molecular weight is 213 g/mol. The van der Waals surface area contributed by atoms with E-state index in [1.54, 1.807) is 0 Å². The maximum absolute atomic E-state index is 10.5. The van der Waals surface area contributed by atoms with Gasteiger partial charge in [0, 0.05) is 28.5 Å². The van der Waals surface area contributed by atoms with Crippen molar-refractivity contribution in [1.29, 1.82) is 0 Å². The lowest BCUT2D eigenvalue weighted by Crippen LogP contribution is -2.03. The molecule has 2 nitrogen and oxygen atoms in total. The van der Waals surface area contributed by atoms with E-state index in [-0.39, 0.29) is 2.85 Å². The number of aliphatic imine (C=N–C) groups is 1. The van der Waals surface area contributed by atoms with Crippen molar-refractivity contribution < 1.29 is 7.65 Å². The van der Waals surface area contributed by atoms with Gasteiger partial charge in [-0.05, 0) is 38.5 Å². The zero-order chi connectivity index (χ0) is 10.9. The zero-order valence-electron chi connectivity index (χ0n) is 9.93. The Balaban J connectivity index is 0. The molecule has 0 spiro atoms. The summed E-state index contributed by atoms with van der Waals surface area (Å²) >= 11 is 0. The third-order valence-corrected chi connectivity index (χ3v) is 3.16. The summed E-state index contributed by atoms with van der Waals surface area (Å²) in [4.78, 5) is 14.6. The third-order valence-electron chi connectivity index (χ3n) is 3.16. The summed E-state index contributed by atoms with van der Waals surface area (Å²) in [5, 5.41) is 0. The molecule has 0 amide bonds. The van der Waals surface area contributed by atoms with Crippen LogP contribution in [0.3, 0.4) is 0 Å². The van der Waals surface area contributed by atoms with Crippen LogP contribution < -0.4 is 0 Å². The molecule has 0 aromatic carbocycles. The number of carbonyl (C=O) groups is 1. The normalized spacial score (nSPS) is 21.7. The molecule has 0 heterocycles. The van der Waals surface area contributed by atoms with Crippen LogP contribution in [0.5, 0.6) is 0 Å². The van der Waals surface area contributed by atoms with Crippen LogP contribution >= 0.6 is 0 Å². The monoisotopic (exact) mass is 213 g/mol. The molecule has 0 N–H and O–H groups in total. The fourth-order valence-corrected chi connectivity index (χ4v) is 2.13. The van der Waals surface area contributed by atoms with Crippen molar-refractivity contribution in [1.82, 2.24) is 0 Å². The molecule has 2 rings (SSSR count). The zero-order valence-corrected chi connectivity index (χ0v) is 9.93. The summed E-state index contributed by atoms with van der Waals surface area (Å²) in [6, 6.07) is 0. The highest BCUT2D eigenvalue weighted by atomic mass is 16.1. The second kappa shape index (κ2) is 7.61. The van der Waals surface area contributed by atoms with Crippen LogP contribution in [0.2, 0.25) is 0 Å². The van der Waals surface area contributed by atoms with Crippen LogP contribution in [0.25, 0.3) is 0 Å². The summed E-state index contributed by atoms with van der Waals surface area (Å²) in [5.74, 6) is 0.464. The summed E-state index contributed by atoms with van der Waals surface area (Å²) in [5.41, 5.74) is 1.43. The van der Waals surface area contributed by atoms with Crippen molar-refractivity contribution in [3.8, 4) is 0 Å². The Bertz CT molecular complexity index is 213. The van der Waals surface area contributed by atoms with Gasteiger partial charge in [-0.25, -0.2) is 0 Å². The van der Waals surface area contributed by atoms with Crippen molar-refractivity contribution >= 4 is 11.5 Å². The standard InChI is InChI=1S/C7H13N.C6H10O.2H2/c1-8-7-5-3-2-4-6-7;7-6-4-2-1-3-5-6;;/h2-6H2,1H3;1-5H2;2*1H. The van der Waals surface area contributed by atoms with Gasteiger partial charge in [0.2, 0.25) is 0 Å². The van der Waals surface area contributed by atoms with Crippen LogP contribution in [0.15, 0.2) is 4.99 Å². The number of ketones is 1. The van der Waals surface area contributed by atoms with Crippen LogP contribution in [-0.2, 0) is 4.79 Å². The molecule has 2 aliphatic rings. The minimum absolute atomic E-state index is 0. The predicted octanol–water partition coefficient (Wildman–Crippen LogP) is 4.03. The van der Waals surface area contributed by atoms with Crippen LogP contribution in [0.1, 0.15) is 67.1 Å². The fourth-order valence-electron chi connectivity index (χ4n) is 2.13. The quantitative estimate of drug-likeness (QED) is 0.597. The first-order chi connectivity index (χ1) is 7.33. The largest absolute Gasteiger partial charge is 0.300 e. The van der Waals surface area contributed by atoms with E-state index in [2.05, 4.69) is 4.99 Å². The molecule has 0 aliphatic heterocycles. The molecule has 0 saturated heterocycles. The molecule has 90 valence electrons. The van der Waals surface area contributed by atoms with E-state index in [0.717, 1.165) is 25.7 Å². The van der Waals surface area contributed by atoms with Gasteiger partial charge in [-0.2, -0.15) is 0 Å². The van der Waals surface area contributed by atoms with Crippen molar-refractivity contribution in [2.75, 3.05) is 7.05 Å². The number of rotatable bonds is 0. The third kappa shape index (κ3) is 5.71. The van der Waals surface area contributed by atoms with E-state index in [1.807, 2.05) is 7.05 Å². The van der Waals surface area contributed by atoms with Gasteiger partial charge in [-0.15, -0.1) is 0 Å². The van der Waals surface area contributed by atoms with Crippen LogP contribution in [0.4, 0.5) is 0 Å². The molecular weight excluding hydrogens is 186 g/mol. The number of Topliss-reactive ketones (excluding diaryl/α,β-unsaturated/α-hetero) is 1. The Hall–Kier alpha value is -0.660. The summed E-state index contributed by atoms with van der Waals surface area (Å²) in [7, 11) is 1.90. The minimum Gasteiger partial charge on any atom is -0.300 e. The highest BCUT2D eigenvalue weighted by Crippen LogP contribution is 2.14. The molecule has 2 fully saturated rings. The van der Waals surface area contributed by atoms with E-state index in [0.29, 0.717) is 5.78 Å². The Morgan fingerprint density at radius 2 is 1.33 bits per heavy atom. The molecule has 2 saturated carbocycles. The van der Waals surface area contributed by atoms with Gasteiger partial charge in [-0.3, -0.25) is 9.79 Å². The van der Waals surface area contributed by atoms with Gasteiger partial charge in [0.05, 0.1) is 0 Å². The average Bonchev–Trinajstić information content (AvgIpc) is 2.32. The molecule has 0 atom stereocenters. The van der Waals surface area contributed by atoms with Crippen molar-refractivity contribution in [2.24, 2.45) is 4.99 Å². The lowest BCUT2D eigenvalue weighted by atomic mass is 9.99. The maximum Gasteiger partial charge on any atom is 0.132 e. The van der Waals surface area contributed by atoms with E-state index < -0.39 is 0 Å².